The Labute approximate surface area is 114 Å². The van der Waals surface area contributed by atoms with E-state index in [1.807, 2.05) is 24.3 Å². The molecule has 0 aliphatic heterocycles. The smallest absolute Gasteiger partial charge is 0.279 e. The minimum absolute atomic E-state index is 0.0477. The molecule has 94 valence electrons. The molecule has 0 aliphatic carbocycles. The molecular formula is C15H11NO2S. The molecule has 2 aromatic carbocycles. The molecule has 0 bridgehead atoms. The second-order valence-corrected chi connectivity index (χ2v) is 5.12. The van der Waals surface area contributed by atoms with Crippen LogP contribution in [0.2, 0.25) is 0 Å². The van der Waals surface area contributed by atoms with E-state index in [4.69, 9.17) is 4.74 Å². The largest absolute Gasteiger partial charge is 0.431 e. The second kappa shape index (κ2) is 4.82. The van der Waals surface area contributed by atoms with E-state index in [-0.39, 0.29) is 5.78 Å². The van der Waals surface area contributed by atoms with Gasteiger partial charge in [0, 0.05) is 5.56 Å². The number of carbonyl (C=O) groups is 1. The number of hydrogen-bond acceptors (Lipinski definition) is 4. The predicted molar refractivity (Wildman–Crippen MR) is 76.1 cm³/mol. The Bertz CT molecular complexity index is 698. The fourth-order valence-electron chi connectivity index (χ4n) is 1.75. The second-order valence-electron chi connectivity index (χ2n) is 4.13. The Morgan fingerprint density at radius 3 is 2.53 bits per heavy atom. The van der Waals surface area contributed by atoms with Gasteiger partial charge in [-0.05, 0) is 43.3 Å². The Balaban J connectivity index is 1.86. The van der Waals surface area contributed by atoms with Crippen LogP contribution < -0.4 is 4.74 Å². The zero-order valence-corrected chi connectivity index (χ0v) is 11.1. The summed E-state index contributed by atoms with van der Waals surface area (Å²) in [5.41, 5.74) is 1.61. The van der Waals surface area contributed by atoms with Gasteiger partial charge in [-0.15, -0.1) is 0 Å². The number of thiazole rings is 1. The summed E-state index contributed by atoms with van der Waals surface area (Å²) in [5, 5.41) is 0.608. The van der Waals surface area contributed by atoms with Crippen molar-refractivity contribution >= 4 is 27.3 Å². The molecule has 19 heavy (non-hydrogen) atoms. The monoisotopic (exact) mass is 269 g/mol. The molecule has 0 N–H and O–H groups in total. The maximum absolute atomic E-state index is 11.2. The first-order chi connectivity index (χ1) is 9.22. The van der Waals surface area contributed by atoms with Gasteiger partial charge in [0.15, 0.2) is 5.78 Å². The Kier molecular flexibility index (Phi) is 3.01. The van der Waals surface area contributed by atoms with Gasteiger partial charge in [-0.3, -0.25) is 4.79 Å². The van der Waals surface area contributed by atoms with Crippen LogP contribution in [-0.2, 0) is 0 Å². The van der Waals surface area contributed by atoms with Crippen LogP contribution in [0.5, 0.6) is 10.9 Å². The standard InChI is InChI=1S/C15H11NO2S/c1-10(17)11-6-8-12(9-7-11)18-15-16-13-4-2-3-5-14(13)19-15/h2-9H,1H3. The highest BCUT2D eigenvalue weighted by Gasteiger charge is 2.06. The molecule has 0 atom stereocenters. The number of para-hydroxylation sites is 1. The third-order valence-corrected chi connectivity index (χ3v) is 3.65. The van der Waals surface area contributed by atoms with E-state index < -0.39 is 0 Å². The molecule has 3 nitrogen and oxygen atoms in total. The van der Waals surface area contributed by atoms with Gasteiger partial charge >= 0.3 is 0 Å². The highest BCUT2D eigenvalue weighted by Crippen LogP contribution is 2.31. The van der Waals surface area contributed by atoms with Crippen molar-refractivity contribution in [3.63, 3.8) is 0 Å². The van der Waals surface area contributed by atoms with Gasteiger partial charge in [0.1, 0.15) is 5.75 Å². The van der Waals surface area contributed by atoms with Crippen molar-refractivity contribution in [2.45, 2.75) is 6.92 Å². The number of ether oxygens (including phenoxy) is 1. The molecular weight excluding hydrogens is 258 g/mol. The zero-order valence-electron chi connectivity index (χ0n) is 10.3. The van der Waals surface area contributed by atoms with E-state index in [1.54, 1.807) is 31.2 Å². The van der Waals surface area contributed by atoms with Gasteiger partial charge in [0.25, 0.3) is 5.19 Å². The van der Waals surface area contributed by atoms with Gasteiger partial charge in [-0.2, -0.15) is 0 Å². The fraction of sp³-hybridized carbons (Fsp3) is 0.0667. The number of Topliss-reactive ketones (excluding diaryl/α,β-unsaturated/α-hetero) is 1. The van der Waals surface area contributed by atoms with Gasteiger partial charge in [0.05, 0.1) is 10.2 Å². The number of fused-ring (bicyclic) bond motifs is 1. The summed E-state index contributed by atoms with van der Waals surface area (Å²) >= 11 is 1.50. The summed E-state index contributed by atoms with van der Waals surface area (Å²) in [6.07, 6.45) is 0. The summed E-state index contributed by atoms with van der Waals surface area (Å²) < 4.78 is 6.79. The molecule has 4 heteroatoms. The topological polar surface area (TPSA) is 39.2 Å². The first-order valence-electron chi connectivity index (χ1n) is 5.87. The molecule has 0 amide bonds. The average Bonchev–Trinajstić information content (AvgIpc) is 2.81. The molecule has 0 spiro atoms. The van der Waals surface area contributed by atoms with Crippen molar-refractivity contribution in [3.05, 3.63) is 54.1 Å². The molecule has 0 saturated heterocycles. The summed E-state index contributed by atoms with van der Waals surface area (Å²) in [7, 11) is 0. The molecule has 0 unspecified atom stereocenters. The van der Waals surface area contributed by atoms with Gasteiger partial charge in [0.2, 0.25) is 0 Å². The number of carbonyl (C=O) groups excluding carboxylic acids is 1. The Hall–Kier alpha value is -2.20. The highest BCUT2D eigenvalue weighted by molar-refractivity contribution is 7.20. The van der Waals surface area contributed by atoms with Crippen molar-refractivity contribution in [2.75, 3.05) is 0 Å². The molecule has 3 aromatic rings. The van der Waals surface area contributed by atoms with E-state index >= 15 is 0 Å². The van der Waals surface area contributed by atoms with Crippen LogP contribution in [-0.4, -0.2) is 10.8 Å². The molecule has 0 aliphatic rings. The molecule has 1 heterocycles. The lowest BCUT2D eigenvalue weighted by Crippen LogP contribution is -1.91. The third-order valence-electron chi connectivity index (χ3n) is 2.74. The van der Waals surface area contributed by atoms with E-state index in [2.05, 4.69) is 4.98 Å². The van der Waals surface area contributed by atoms with Crippen molar-refractivity contribution < 1.29 is 9.53 Å². The Morgan fingerprint density at radius 2 is 1.84 bits per heavy atom. The molecule has 0 saturated carbocycles. The number of hydrogen-bond donors (Lipinski definition) is 0. The van der Waals surface area contributed by atoms with Crippen LogP contribution in [0.1, 0.15) is 17.3 Å². The maximum atomic E-state index is 11.2. The van der Waals surface area contributed by atoms with Gasteiger partial charge < -0.3 is 4.74 Å². The van der Waals surface area contributed by atoms with Gasteiger partial charge in [-0.25, -0.2) is 4.98 Å². The summed E-state index contributed by atoms with van der Waals surface area (Å²) in [6.45, 7) is 1.55. The molecule has 0 radical (unpaired) electrons. The van der Waals surface area contributed by atoms with Crippen LogP contribution in [0.3, 0.4) is 0 Å². The van der Waals surface area contributed by atoms with Crippen molar-refractivity contribution in [3.8, 4) is 10.9 Å². The molecule has 3 rings (SSSR count). The highest BCUT2D eigenvalue weighted by atomic mass is 32.1. The lowest BCUT2D eigenvalue weighted by atomic mass is 10.1. The van der Waals surface area contributed by atoms with Crippen LogP contribution in [0.4, 0.5) is 0 Å². The first-order valence-corrected chi connectivity index (χ1v) is 6.68. The van der Waals surface area contributed by atoms with E-state index in [0.29, 0.717) is 16.5 Å². The number of aromatic nitrogens is 1. The lowest BCUT2D eigenvalue weighted by molar-refractivity contribution is 0.101. The summed E-state index contributed by atoms with van der Waals surface area (Å²) in [4.78, 5) is 15.6. The minimum atomic E-state index is 0.0477. The van der Waals surface area contributed by atoms with Crippen LogP contribution in [0, 0.1) is 0 Å². The van der Waals surface area contributed by atoms with Crippen LogP contribution in [0.25, 0.3) is 10.2 Å². The van der Waals surface area contributed by atoms with Crippen molar-refractivity contribution in [2.24, 2.45) is 0 Å². The molecule has 0 fully saturated rings. The van der Waals surface area contributed by atoms with E-state index in [1.165, 1.54) is 11.3 Å². The fourth-order valence-corrected chi connectivity index (χ4v) is 2.59. The summed E-state index contributed by atoms with van der Waals surface area (Å²) in [5.74, 6) is 0.732. The van der Waals surface area contributed by atoms with E-state index in [9.17, 15) is 4.79 Å². The Morgan fingerprint density at radius 1 is 1.11 bits per heavy atom. The van der Waals surface area contributed by atoms with Crippen molar-refractivity contribution in [1.82, 2.24) is 4.98 Å². The normalized spacial score (nSPS) is 10.6. The third kappa shape index (κ3) is 2.48. The zero-order chi connectivity index (χ0) is 13.2. The lowest BCUT2D eigenvalue weighted by Gasteiger charge is -2.01. The van der Waals surface area contributed by atoms with Gasteiger partial charge in [-0.1, -0.05) is 23.5 Å². The molecule has 1 aromatic heterocycles. The number of nitrogens with zero attached hydrogens (tertiary/aromatic N) is 1. The van der Waals surface area contributed by atoms with Crippen molar-refractivity contribution in [1.29, 1.82) is 0 Å². The number of rotatable bonds is 3. The number of benzene rings is 2. The quantitative estimate of drug-likeness (QED) is 0.666. The van der Waals surface area contributed by atoms with Crippen LogP contribution >= 0.6 is 11.3 Å². The minimum Gasteiger partial charge on any atom is -0.431 e. The SMILES string of the molecule is CC(=O)c1ccc(Oc2nc3ccccc3s2)cc1. The summed E-state index contributed by atoms with van der Waals surface area (Å²) in [6, 6.07) is 15.0. The van der Waals surface area contributed by atoms with Crippen LogP contribution in [0.15, 0.2) is 48.5 Å². The number of ketones is 1. The van der Waals surface area contributed by atoms with E-state index in [0.717, 1.165) is 10.2 Å². The maximum Gasteiger partial charge on any atom is 0.279 e. The first kappa shape index (κ1) is 11.9. The predicted octanol–water partition coefficient (Wildman–Crippen LogP) is 4.29. The average molecular weight is 269 g/mol.